The molecule has 0 radical (unpaired) electrons. The highest BCUT2D eigenvalue weighted by Crippen LogP contribution is 2.27. The Hall–Kier alpha value is -8.84. The van der Waals surface area contributed by atoms with E-state index >= 15 is 0 Å². The van der Waals surface area contributed by atoms with Crippen LogP contribution in [0, 0.1) is 34.6 Å². The van der Waals surface area contributed by atoms with Crippen LogP contribution in [0.1, 0.15) is 149 Å². The molecule has 13 nitrogen and oxygen atoms in total. The standard InChI is InChI=1S/C21H21N3O.C14H17NO2.C11H12O2.C7H9N3.C6H7N.3C2H6/c1-13-10-11-17(12-19(13)16(4)25)20-14(2)15(3)22-21(24-20)23-18-8-6-5-7-9-18;1-10-5-6-12(9-13(10)11(2)16)14(17)7-8-15(3)4;1-7-4-5-10(8(2)12)6-11(7)9(3)13;8-7(9)10-6-4-2-1-3-5-6;7-6-4-2-1-3-5-6;3*1-2/h5-12H,1-4H3,(H,22,23,24);5-9H,1-4H3;4-6H,1-3H3;1-5H,(H4,8,9,10);1-5H,7H2;3*1-2H3/b;8-7+;;;;;;. The maximum atomic E-state index is 11.9. The zero-order valence-corrected chi connectivity index (χ0v) is 49.1. The van der Waals surface area contributed by atoms with Crippen molar-refractivity contribution in [1.82, 2.24) is 14.9 Å². The number of para-hydroxylation sites is 3. The first-order valence-corrected chi connectivity index (χ1v) is 25.9. The van der Waals surface area contributed by atoms with Gasteiger partial charge in [-0.1, -0.05) is 133 Å². The first-order valence-electron chi connectivity index (χ1n) is 25.9. The lowest BCUT2D eigenvalue weighted by atomic mass is 9.98. The number of nitrogens with one attached hydrogen (secondary N) is 1. The van der Waals surface area contributed by atoms with Crippen LogP contribution >= 0.6 is 0 Å². The number of nitrogens with two attached hydrogens (primary N) is 3. The smallest absolute Gasteiger partial charge is 0.228 e. The molecule has 0 fully saturated rings. The van der Waals surface area contributed by atoms with Crippen LogP contribution in [0.4, 0.5) is 23.0 Å². The van der Waals surface area contributed by atoms with E-state index in [9.17, 15) is 24.0 Å². The van der Waals surface area contributed by atoms with E-state index in [1.807, 2.05) is 199 Å². The van der Waals surface area contributed by atoms with Gasteiger partial charge in [0.15, 0.2) is 34.9 Å². The Morgan fingerprint density at radius 2 is 0.949 bits per heavy atom. The van der Waals surface area contributed by atoms with Crippen molar-refractivity contribution in [2.75, 3.05) is 25.1 Å². The lowest BCUT2D eigenvalue weighted by Gasteiger charge is -2.13. The largest absolute Gasteiger partial charge is 0.399 e. The van der Waals surface area contributed by atoms with E-state index in [4.69, 9.17) is 22.2 Å². The topological polar surface area (TPSA) is 217 Å². The molecule has 414 valence electrons. The van der Waals surface area contributed by atoms with E-state index in [0.29, 0.717) is 28.2 Å². The number of aliphatic imine (C=N–C) groups is 1. The van der Waals surface area contributed by atoms with Crippen molar-refractivity contribution in [3.05, 3.63) is 214 Å². The summed E-state index contributed by atoms with van der Waals surface area (Å²) < 4.78 is 0. The highest BCUT2D eigenvalue weighted by Gasteiger charge is 2.14. The molecule has 0 aliphatic heterocycles. The van der Waals surface area contributed by atoms with E-state index < -0.39 is 0 Å². The number of anilines is 3. The summed E-state index contributed by atoms with van der Waals surface area (Å²) in [5.74, 6) is 0.573. The first kappa shape index (κ1) is 69.2. The van der Waals surface area contributed by atoms with Crippen LogP contribution < -0.4 is 22.5 Å². The minimum atomic E-state index is -0.0961. The molecule has 0 spiro atoms. The van der Waals surface area contributed by atoms with Crippen molar-refractivity contribution < 1.29 is 24.0 Å². The average molecular weight is 1060 g/mol. The fourth-order valence-electron chi connectivity index (χ4n) is 6.56. The summed E-state index contributed by atoms with van der Waals surface area (Å²) in [7, 11) is 3.69. The van der Waals surface area contributed by atoms with Crippen LogP contribution in [0.5, 0.6) is 0 Å². The maximum absolute atomic E-state index is 11.9. The van der Waals surface area contributed by atoms with Gasteiger partial charge >= 0.3 is 0 Å². The Balaban J connectivity index is 0.000000980. The molecule has 0 saturated heterocycles. The molecule has 1 heterocycles. The molecule has 1 aromatic heterocycles. The number of guanidine groups is 1. The number of carbonyl (C=O) groups excluding carboxylic acids is 5. The summed E-state index contributed by atoms with van der Waals surface area (Å²) in [6, 6.07) is 44.9. The van der Waals surface area contributed by atoms with Crippen molar-refractivity contribution >= 4 is 57.9 Å². The number of ketones is 5. The third-order valence-electron chi connectivity index (χ3n) is 10.6. The predicted molar refractivity (Wildman–Crippen MR) is 328 cm³/mol. The lowest BCUT2D eigenvalue weighted by Crippen LogP contribution is -2.21. The number of rotatable bonds is 11. The van der Waals surface area contributed by atoms with Gasteiger partial charge in [0.05, 0.1) is 11.4 Å². The zero-order chi connectivity index (χ0) is 59.5. The molecular formula is C65H84N8O5. The second-order valence-corrected chi connectivity index (χ2v) is 16.8. The van der Waals surface area contributed by atoms with Crippen molar-refractivity contribution in [2.24, 2.45) is 16.5 Å². The molecule has 7 rings (SSSR count). The Morgan fingerprint density at radius 1 is 0.526 bits per heavy atom. The molecular weight excluding hydrogens is 973 g/mol. The second-order valence-electron chi connectivity index (χ2n) is 16.8. The number of carbonyl (C=O) groups is 5. The number of hydrogen-bond donors (Lipinski definition) is 4. The number of hydrogen-bond acceptors (Lipinski definition) is 11. The minimum Gasteiger partial charge on any atom is -0.399 e. The van der Waals surface area contributed by atoms with Gasteiger partial charge < -0.3 is 27.4 Å². The molecule has 0 saturated carbocycles. The fourth-order valence-corrected chi connectivity index (χ4v) is 6.56. The summed E-state index contributed by atoms with van der Waals surface area (Å²) in [6.45, 7) is 27.7. The zero-order valence-electron chi connectivity index (χ0n) is 49.1. The Kier molecular flexibility index (Phi) is 33.5. The molecule has 0 aliphatic carbocycles. The lowest BCUT2D eigenvalue weighted by molar-refractivity contribution is 0.1000. The fraction of sp³-hybridized carbons (Fsp3) is 0.262. The van der Waals surface area contributed by atoms with Gasteiger partial charge in [0.1, 0.15) is 0 Å². The molecule has 0 bridgehead atoms. The number of aromatic nitrogens is 2. The number of allylic oxidation sites excluding steroid dienone is 1. The van der Waals surface area contributed by atoms with Gasteiger partial charge in [0.2, 0.25) is 5.95 Å². The Morgan fingerprint density at radius 3 is 1.37 bits per heavy atom. The van der Waals surface area contributed by atoms with Gasteiger partial charge in [-0.15, -0.1) is 0 Å². The molecule has 13 heteroatoms. The van der Waals surface area contributed by atoms with Gasteiger partial charge in [0.25, 0.3) is 0 Å². The summed E-state index contributed by atoms with van der Waals surface area (Å²) in [6.07, 6.45) is 3.18. The number of nitrogen functional groups attached to an aromatic ring is 1. The van der Waals surface area contributed by atoms with E-state index in [0.717, 1.165) is 61.8 Å². The van der Waals surface area contributed by atoms with Crippen LogP contribution in [0.2, 0.25) is 0 Å². The minimum absolute atomic E-state index is 0.000556. The molecule has 7 N–H and O–H groups in total. The van der Waals surface area contributed by atoms with Crippen molar-refractivity contribution in [2.45, 2.75) is 104 Å². The van der Waals surface area contributed by atoms with Gasteiger partial charge in [-0.05, 0) is 139 Å². The van der Waals surface area contributed by atoms with Crippen LogP contribution in [0.25, 0.3) is 11.3 Å². The molecule has 78 heavy (non-hydrogen) atoms. The van der Waals surface area contributed by atoms with Gasteiger partial charge in [0, 0.05) is 76.8 Å². The van der Waals surface area contributed by atoms with Gasteiger partial charge in [-0.2, -0.15) is 0 Å². The van der Waals surface area contributed by atoms with E-state index in [1.54, 1.807) is 54.4 Å². The molecule has 0 aliphatic rings. The van der Waals surface area contributed by atoms with E-state index in [2.05, 4.69) is 15.3 Å². The second kappa shape index (κ2) is 37.8. The quantitative estimate of drug-likeness (QED) is 0.0313. The number of nitrogens with zero attached hydrogens (tertiary/aromatic N) is 4. The SMILES string of the molecule is CC.CC.CC.CC(=O)c1cc(-c2nc(Nc3ccccc3)nc(C)c2C)ccc1C.CC(=O)c1cc(C(=O)/C=C/N(C)C)ccc1C.CC(=O)c1ccc(C)c(C(C)=O)c1.NC(N)=Nc1ccccc1.Nc1ccccc1. The number of Topliss-reactive ketones (excluding diaryl/α,β-unsaturated/α-hetero) is 4. The summed E-state index contributed by atoms with van der Waals surface area (Å²) in [4.78, 5) is 72.1. The monoisotopic (exact) mass is 1060 g/mol. The number of aryl methyl sites for hydroxylation is 4. The van der Waals surface area contributed by atoms with Crippen LogP contribution in [-0.2, 0) is 0 Å². The molecule has 0 atom stereocenters. The third-order valence-corrected chi connectivity index (χ3v) is 10.6. The van der Waals surface area contributed by atoms with E-state index in [-0.39, 0.29) is 34.9 Å². The molecule has 6 aromatic carbocycles. The third kappa shape index (κ3) is 25.6. The summed E-state index contributed by atoms with van der Waals surface area (Å²) in [5, 5.41) is 3.24. The highest BCUT2D eigenvalue weighted by molar-refractivity contribution is 6.06. The average Bonchev–Trinajstić information content (AvgIpc) is 3.42. The van der Waals surface area contributed by atoms with E-state index in [1.165, 1.54) is 26.8 Å². The highest BCUT2D eigenvalue weighted by atomic mass is 16.1. The molecule has 0 amide bonds. The Labute approximate surface area is 465 Å². The van der Waals surface area contributed by atoms with Crippen molar-refractivity contribution in [3.8, 4) is 11.3 Å². The summed E-state index contributed by atoms with van der Waals surface area (Å²) in [5.41, 5.74) is 27.8. The Bertz CT molecular complexity index is 3020. The summed E-state index contributed by atoms with van der Waals surface area (Å²) >= 11 is 0. The van der Waals surface area contributed by atoms with Crippen molar-refractivity contribution in [1.29, 1.82) is 0 Å². The van der Waals surface area contributed by atoms with Crippen LogP contribution in [0.3, 0.4) is 0 Å². The normalized spacial score (nSPS) is 9.45. The first-order chi connectivity index (χ1) is 37.1. The van der Waals surface area contributed by atoms with Crippen molar-refractivity contribution in [3.63, 3.8) is 0 Å². The van der Waals surface area contributed by atoms with Gasteiger partial charge in [-0.3, -0.25) is 24.0 Å². The van der Waals surface area contributed by atoms with Crippen LogP contribution in [0.15, 0.2) is 163 Å². The van der Waals surface area contributed by atoms with Crippen LogP contribution in [-0.4, -0.2) is 63.8 Å². The number of benzene rings is 6. The molecule has 7 aromatic rings. The predicted octanol–water partition coefficient (Wildman–Crippen LogP) is 14.8. The molecule has 0 unspecified atom stereocenters. The maximum Gasteiger partial charge on any atom is 0.228 e. The van der Waals surface area contributed by atoms with Gasteiger partial charge in [-0.25, -0.2) is 15.0 Å².